The zero-order valence-corrected chi connectivity index (χ0v) is 25.5. The summed E-state index contributed by atoms with van der Waals surface area (Å²) in [6.45, 7) is 3.60. The average molecular weight is 602 g/mol. The number of nitrogens with zero attached hydrogens (tertiary/aromatic N) is 2. The Balaban J connectivity index is 1.65. The number of nitrogens with one attached hydrogen (secondary N) is 1. The van der Waals surface area contributed by atoms with Crippen molar-refractivity contribution in [3.05, 3.63) is 99.0 Å². The molecule has 1 N–H and O–H groups in total. The molecule has 9 heteroatoms. The molecule has 6 nitrogen and oxygen atoms in total. The van der Waals surface area contributed by atoms with E-state index in [1.807, 2.05) is 54.6 Å². The molecule has 1 fully saturated rings. The maximum atomic E-state index is 14.1. The molecule has 5 rings (SSSR count). The van der Waals surface area contributed by atoms with Crippen LogP contribution in [0.1, 0.15) is 54.5 Å². The maximum Gasteiger partial charge on any atom is 0.327 e. The lowest BCUT2D eigenvalue weighted by atomic mass is 9.69. The number of fused-ring (bicyclic) bond motifs is 1. The standard InChI is InChI=1S/C31H35Cl2N3O3S/c1-22(37)34-30-27-20-26(40(38,39)36(2,3)21-23-9-5-4-6-10-23)13-11-24(27)15-16-31(30,35-17-7-8-18-35)25-12-14-28(32)29(33)19-25/h4-6,9-14,19-20,30H,7-8,15-18,21H2,1-3H3/p+1/t30-,31+/m1/s1. The van der Waals surface area contributed by atoms with Crippen molar-refractivity contribution in [2.45, 2.75) is 55.6 Å². The molecule has 0 spiro atoms. The van der Waals surface area contributed by atoms with Crippen LogP contribution in [0.2, 0.25) is 10.0 Å². The Morgan fingerprint density at radius 1 is 1.00 bits per heavy atom. The van der Waals surface area contributed by atoms with Crippen molar-refractivity contribution in [2.75, 3.05) is 27.2 Å². The third-order valence-electron chi connectivity index (χ3n) is 8.47. The van der Waals surface area contributed by atoms with E-state index in [-0.39, 0.29) is 14.7 Å². The highest BCUT2D eigenvalue weighted by atomic mass is 35.5. The van der Waals surface area contributed by atoms with Crippen LogP contribution in [-0.4, -0.2) is 50.3 Å². The highest BCUT2D eigenvalue weighted by molar-refractivity contribution is 7.85. The fraction of sp³-hybridized carbons (Fsp3) is 0.387. The number of halogens is 2. The minimum Gasteiger partial charge on any atom is -0.347 e. The third-order valence-corrected chi connectivity index (χ3v) is 11.5. The van der Waals surface area contributed by atoms with Gasteiger partial charge in [-0.3, -0.25) is 9.69 Å². The summed E-state index contributed by atoms with van der Waals surface area (Å²) >= 11 is 12.9. The van der Waals surface area contributed by atoms with Crippen LogP contribution in [0.5, 0.6) is 0 Å². The van der Waals surface area contributed by atoms with E-state index < -0.39 is 21.6 Å². The zero-order valence-electron chi connectivity index (χ0n) is 23.2. The predicted octanol–water partition coefficient (Wildman–Crippen LogP) is 6.07. The van der Waals surface area contributed by atoms with E-state index in [4.69, 9.17) is 23.2 Å². The Hall–Kier alpha value is -2.42. The zero-order chi connectivity index (χ0) is 28.7. The van der Waals surface area contributed by atoms with Gasteiger partial charge in [-0.05, 0) is 79.7 Å². The summed E-state index contributed by atoms with van der Waals surface area (Å²) in [6, 6.07) is 20.3. The number of benzene rings is 3. The van der Waals surface area contributed by atoms with Gasteiger partial charge in [0.25, 0.3) is 0 Å². The smallest absolute Gasteiger partial charge is 0.327 e. The number of hydrogen-bond acceptors (Lipinski definition) is 4. The summed E-state index contributed by atoms with van der Waals surface area (Å²) in [4.78, 5) is 15.4. The van der Waals surface area contributed by atoms with Crippen molar-refractivity contribution in [1.29, 1.82) is 0 Å². The van der Waals surface area contributed by atoms with Gasteiger partial charge in [0.05, 0.1) is 35.7 Å². The van der Waals surface area contributed by atoms with Gasteiger partial charge in [-0.25, -0.2) is 3.89 Å². The Morgan fingerprint density at radius 3 is 2.35 bits per heavy atom. The Bertz CT molecular complexity index is 1520. The van der Waals surface area contributed by atoms with Crippen LogP contribution in [0.25, 0.3) is 0 Å². The first kappa shape index (κ1) is 29.1. The molecule has 3 aromatic rings. The Labute approximate surface area is 247 Å². The SMILES string of the molecule is CC(=O)N[C@@H]1c2cc(S(=O)(=O)[N+](C)(C)Cc3ccccc3)ccc2CC[C@@]1(c1ccc(Cl)c(Cl)c1)N1CCCC1. The monoisotopic (exact) mass is 600 g/mol. The topological polar surface area (TPSA) is 66.5 Å². The number of quaternary nitrogens is 1. The average Bonchev–Trinajstić information content (AvgIpc) is 3.46. The molecule has 212 valence electrons. The first-order valence-corrected chi connectivity index (χ1v) is 15.9. The van der Waals surface area contributed by atoms with Gasteiger partial charge in [0.2, 0.25) is 5.91 Å². The molecular formula is C31H36Cl2N3O3S+. The molecule has 2 atom stereocenters. The first-order chi connectivity index (χ1) is 19.0. The van der Waals surface area contributed by atoms with Gasteiger partial charge >= 0.3 is 10.0 Å². The quantitative estimate of drug-likeness (QED) is 0.334. The number of rotatable bonds is 7. The van der Waals surface area contributed by atoms with E-state index >= 15 is 0 Å². The molecule has 0 saturated carbocycles. The van der Waals surface area contributed by atoms with Gasteiger partial charge in [-0.15, -0.1) is 0 Å². The number of amides is 1. The minimum absolute atomic E-state index is 0.171. The third kappa shape index (κ3) is 5.19. The molecule has 0 unspecified atom stereocenters. The van der Waals surface area contributed by atoms with Gasteiger partial charge in [-0.1, -0.05) is 65.7 Å². The van der Waals surface area contributed by atoms with E-state index in [1.54, 1.807) is 26.2 Å². The van der Waals surface area contributed by atoms with Crippen molar-refractivity contribution in [1.82, 2.24) is 10.2 Å². The van der Waals surface area contributed by atoms with E-state index in [1.165, 1.54) is 6.92 Å². The van der Waals surface area contributed by atoms with Crippen molar-refractivity contribution < 1.29 is 17.1 Å². The highest BCUT2D eigenvalue weighted by Gasteiger charge is 2.50. The van der Waals surface area contributed by atoms with Crippen molar-refractivity contribution in [3.63, 3.8) is 0 Å². The molecule has 1 amide bonds. The molecule has 1 saturated heterocycles. The fourth-order valence-electron chi connectivity index (χ4n) is 6.47. The predicted molar refractivity (Wildman–Crippen MR) is 160 cm³/mol. The first-order valence-electron chi connectivity index (χ1n) is 13.7. The van der Waals surface area contributed by atoms with Crippen LogP contribution in [0.4, 0.5) is 0 Å². The molecular weight excluding hydrogens is 565 g/mol. The summed E-state index contributed by atoms with van der Waals surface area (Å²) in [5.41, 5.74) is 3.20. The summed E-state index contributed by atoms with van der Waals surface area (Å²) < 4.78 is 27.9. The summed E-state index contributed by atoms with van der Waals surface area (Å²) in [5.74, 6) is -0.171. The molecule has 40 heavy (non-hydrogen) atoms. The van der Waals surface area contributed by atoms with Crippen molar-refractivity contribution in [2.24, 2.45) is 0 Å². The van der Waals surface area contributed by atoms with Crippen LogP contribution < -0.4 is 5.32 Å². The van der Waals surface area contributed by atoms with Gasteiger partial charge in [0.15, 0.2) is 0 Å². The van der Waals surface area contributed by atoms with Gasteiger partial charge < -0.3 is 5.32 Å². The minimum atomic E-state index is -3.78. The number of aryl methyl sites for hydroxylation is 1. The lowest BCUT2D eigenvalue weighted by molar-refractivity contribution is -0.777. The molecule has 1 heterocycles. The van der Waals surface area contributed by atoms with Gasteiger partial charge in [-0.2, -0.15) is 8.42 Å². The lowest BCUT2D eigenvalue weighted by Crippen LogP contribution is -2.56. The summed E-state index contributed by atoms with van der Waals surface area (Å²) in [7, 11) is -0.344. The second-order valence-corrected chi connectivity index (χ2v) is 14.7. The van der Waals surface area contributed by atoms with Crippen LogP contribution in [-0.2, 0) is 33.3 Å². The Morgan fingerprint density at radius 2 is 1.70 bits per heavy atom. The van der Waals surface area contributed by atoms with E-state index in [0.717, 1.165) is 61.0 Å². The van der Waals surface area contributed by atoms with E-state index in [0.29, 0.717) is 16.6 Å². The van der Waals surface area contributed by atoms with Crippen LogP contribution in [0.15, 0.2) is 71.6 Å². The normalized spacial score (nSPS) is 21.7. The van der Waals surface area contributed by atoms with E-state index in [2.05, 4.69) is 10.2 Å². The lowest BCUT2D eigenvalue weighted by Gasteiger charge is -2.51. The molecule has 1 aliphatic heterocycles. The van der Waals surface area contributed by atoms with Gasteiger partial charge in [0, 0.05) is 12.5 Å². The number of carbonyl (C=O) groups excluding carboxylic acids is 1. The molecule has 0 radical (unpaired) electrons. The largest absolute Gasteiger partial charge is 0.347 e. The molecule has 0 aromatic heterocycles. The van der Waals surface area contributed by atoms with Gasteiger partial charge in [0.1, 0.15) is 11.4 Å². The maximum absolute atomic E-state index is 14.1. The number of hydrogen-bond donors (Lipinski definition) is 1. The highest BCUT2D eigenvalue weighted by Crippen LogP contribution is 2.51. The van der Waals surface area contributed by atoms with Crippen molar-refractivity contribution >= 4 is 39.1 Å². The number of likely N-dealkylation sites (tertiary alicyclic amines) is 1. The second-order valence-electron chi connectivity index (χ2n) is 11.4. The molecule has 0 bridgehead atoms. The van der Waals surface area contributed by atoms with Crippen LogP contribution in [0.3, 0.4) is 0 Å². The second kappa shape index (κ2) is 11.1. The summed E-state index contributed by atoms with van der Waals surface area (Å²) in [5, 5.41) is 4.17. The number of carbonyl (C=O) groups is 1. The Kier molecular flexibility index (Phi) is 8.07. The summed E-state index contributed by atoms with van der Waals surface area (Å²) in [6.07, 6.45) is 3.61. The molecule has 2 aliphatic rings. The molecule has 3 aromatic carbocycles. The fourth-order valence-corrected chi connectivity index (χ4v) is 8.17. The van der Waals surface area contributed by atoms with E-state index in [9.17, 15) is 13.2 Å². The van der Waals surface area contributed by atoms with Crippen LogP contribution in [0, 0.1) is 0 Å². The van der Waals surface area contributed by atoms with Crippen molar-refractivity contribution in [3.8, 4) is 0 Å². The molecule has 1 aliphatic carbocycles. The number of sulfonamides is 1. The van der Waals surface area contributed by atoms with Crippen LogP contribution >= 0.6 is 23.2 Å².